The molecule has 1 heterocycles. The maximum absolute atomic E-state index is 13.2. The van der Waals surface area contributed by atoms with E-state index in [0.717, 1.165) is 0 Å². The van der Waals surface area contributed by atoms with E-state index in [0.29, 0.717) is 49.3 Å². The lowest BCUT2D eigenvalue weighted by Crippen LogP contribution is -2.27. The largest absolute Gasteiger partial charge is 0.494 e. The third-order valence-electron chi connectivity index (χ3n) is 5.22. The van der Waals surface area contributed by atoms with Crippen LogP contribution in [0.3, 0.4) is 0 Å². The minimum Gasteiger partial charge on any atom is -0.494 e. The molecule has 0 aliphatic carbocycles. The molecule has 1 fully saturated rings. The Morgan fingerprint density at radius 3 is 2.45 bits per heavy atom. The summed E-state index contributed by atoms with van der Waals surface area (Å²) in [5.41, 5.74) is 1.84. The van der Waals surface area contributed by atoms with E-state index in [2.05, 4.69) is 5.32 Å². The van der Waals surface area contributed by atoms with Gasteiger partial charge in [-0.15, -0.1) is 0 Å². The Kier molecular flexibility index (Phi) is 9.17. The summed E-state index contributed by atoms with van der Waals surface area (Å²) in [6.07, 6.45) is 1.68. The second-order valence-corrected chi connectivity index (χ2v) is 10.3. The molecule has 11 heteroatoms. The Labute approximate surface area is 239 Å². The SMILES string of the molecule is CCOc1ccc(N2C(=O)/C(=C/c3cc(Cl)c(OCC(=O)Nc4ccc(Cl)cc4)c(OC)c3)SC2=S)cc1. The van der Waals surface area contributed by atoms with Gasteiger partial charge >= 0.3 is 0 Å². The van der Waals surface area contributed by atoms with E-state index in [9.17, 15) is 9.59 Å². The van der Waals surface area contributed by atoms with Crippen LogP contribution in [0.2, 0.25) is 10.0 Å². The van der Waals surface area contributed by atoms with Crippen molar-refractivity contribution < 1.29 is 23.8 Å². The fourth-order valence-electron chi connectivity index (χ4n) is 3.53. The summed E-state index contributed by atoms with van der Waals surface area (Å²) >= 11 is 19.0. The standard InChI is InChI=1S/C27H22Cl2N2O5S2/c1-3-35-20-10-8-19(9-11-20)31-26(33)23(38-27(31)37)14-16-12-21(29)25(22(13-16)34-2)36-15-24(32)30-18-6-4-17(28)5-7-18/h4-14H,3,15H2,1-2H3,(H,30,32)/b23-14-. The Bertz CT molecular complexity index is 1400. The van der Waals surface area contributed by atoms with Crippen molar-refractivity contribution in [2.24, 2.45) is 0 Å². The van der Waals surface area contributed by atoms with Gasteiger partial charge in [-0.2, -0.15) is 0 Å². The number of anilines is 2. The Morgan fingerprint density at radius 1 is 1.08 bits per heavy atom. The van der Waals surface area contributed by atoms with Crippen molar-refractivity contribution in [2.75, 3.05) is 30.5 Å². The first kappa shape index (κ1) is 27.8. The number of thiocarbonyl (C=S) groups is 1. The number of hydrogen-bond donors (Lipinski definition) is 1. The topological polar surface area (TPSA) is 77.1 Å². The van der Waals surface area contributed by atoms with Crippen molar-refractivity contribution in [2.45, 2.75) is 6.92 Å². The number of carbonyl (C=O) groups is 2. The monoisotopic (exact) mass is 588 g/mol. The molecule has 0 radical (unpaired) electrons. The summed E-state index contributed by atoms with van der Waals surface area (Å²) in [5, 5.41) is 3.50. The van der Waals surface area contributed by atoms with Crippen molar-refractivity contribution in [1.29, 1.82) is 0 Å². The molecule has 3 aromatic carbocycles. The lowest BCUT2D eigenvalue weighted by Gasteiger charge is -2.15. The number of amides is 2. The van der Waals surface area contributed by atoms with Crippen LogP contribution in [0.1, 0.15) is 12.5 Å². The summed E-state index contributed by atoms with van der Waals surface area (Å²) in [5.74, 6) is 0.596. The van der Waals surface area contributed by atoms with Gasteiger partial charge in [-0.1, -0.05) is 47.2 Å². The second kappa shape index (κ2) is 12.5. The number of methoxy groups -OCH3 is 1. The van der Waals surface area contributed by atoms with Crippen LogP contribution in [0.15, 0.2) is 65.6 Å². The van der Waals surface area contributed by atoms with Crippen LogP contribution in [-0.4, -0.2) is 36.5 Å². The van der Waals surface area contributed by atoms with Gasteiger partial charge in [-0.05, 0) is 79.2 Å². The highest BCUT2D eigenvalue weighted by Gasteiger charge is 2.33. The van der Waals surface area contributed by atoms with Gasteiger partial charge in [-0.25, -0.2) is 0 Å². The average Bonchev–Trinajstić information content (AvgIpc) is 3.17. The van der Waals surface area contributed by atoms with Crippen molar-refractivity contribution >= 4 is 80.8 Å². The first-order valence-electron chi connectivity index (χ1n) is 11.4. The molecule has 1 aliphatic rings. The van der Waals surface area contributed by atoms with Crippen LogP contribution in [0.4, 0.5) is 11.4 Å². The zero-order valence-electron chi connectivity index (χ0n) is 20.3. The van der Waals surface area contributed by atoms with Gasteiger partial charge < -0.3 is 19.5 Å². The van der Waals surface area contributed by atoms with Gasteiger partial charge in [0.2, 0.25) is 0 Å². The maximum atomic E-state index is 13.2. The van der Waals surface area contributed by atoms with E-state index in [1.807, 2.05) is 6.92 Å². The number of nitrogens with zero attached hydrogens (tertiary/aromatic N) is 1. The van der Waals surface area contributed by atoms with Crippen LogP contribution < -0.4 is 24.4 Å². The number of carbonyl (C=O) groups excluding carboxylic acids is 2. The molecule has 3 aromatic rings. The molecule has 0 atom stereocenters. The molecule has 0 bridgehead atoms. The van der Waals surface area contributed by atoms with Gasteiger partial charge in [-0.3, -0.25) is 14.5 Å². The number of hydrogen-bond acceptors (Lipinski definition) is 7. The molecule has 0 aromatic heterocycles. The highest BCUT2D eigenvalue weighted by atomic mass is 35.5. The highest BCUT2D eigenvalue weighted by Crippen LogP contribution is 2.40. The summed E-state index contributed by atoms with van der Waals surface area (Å²) in [6, 6.07) is 17.1. The van der Waals surface area contributed by atoms with Crippen molar-refractivity contribution in [3.05, 3.63) is 81.2 Å². The average molecular weight is 590 g/mol. The molecule has 196 valence electrons. The molecular weight excluding hydrogens is 567 g/mol. The smallest absolute Gasteiger partial charge is 0.270 e. The van der Waals surface area contributed by atoms with Crippen LogP contribution in [0, 0.1) is 0 Å². The van der Waals surface area contributed by atoms with Crippen LogP contribution in [-0.2, 0) is 9.59 Å². The van der Waals surface area contributed by atoms with E-state index < -0.39 is 0 Å². The molecule has 4 rings (SSSR count). The minimum absolute atomic E-state index is 0.208. The van der Waals surface area contributed by atoms with Crippen LogP contribution in [0.5, 0.6) is 17.2 Å². The molecule has 7 nitrogen and oxygen atoms in total. The van der Waals surface area contributed by atoms with Gasteiger partial charge in [0, 0.05) is 10.7 Å². The fourth-order valence-corrected chi connectivity index (χ4v) is 5.23. The van der Waals surface area contributed by atoms with E-state index in [4.69, 9.17) is 49.6 Å². The quantitative estimate of drug-likeness (QED) is 0.217. The predicted octanol–water partition coefficient (Wildman–Crippen LogP) is 6.82. The summed E-state index contributed by atoms with van der Waals surface area (Å²) in [4.78, 5) is 27.4. The molecule has 38 heavy (non-hydrogen) atoms. The molecular formula is C27H22Cl2N2O5S2. The van der Waals surface area contributed by atoms with E-state index in [-0.39, 0.29) is 29.2 Å². The van der Waals surface area contributed by atoms with E-state index in [1.165, 1.54) is 23.8 Å². The van der Waals surface area contributed by atoms with Crippen molar-refractivity contribution in [1.82, 2.24) is 0 Å². The first-order chi connectivity index (χ1) is 18.3. The second-order valence-electron chi connectivity index (χ2n) is 7.82. The van der Waals surface area contributed by atoms with Crippen molar-refractivity contribution in [3.63, 3.8) is 0 Å². The number of rotatable bonds is 9. The number of ether oxygens (including phenoxy) is 3. The zero-order chi connectivity index (χ0) is 27.2. The highest BCUT2D eigenvalue weighted by molar-refractivity contribution is 8.27. The number of nitrogens with one attached hydrogen (secondary N) is 1. The van der Waals surface area contributed by atoms with Crippen LogP contribution >= 0.6 is 47.2 Å². The molecule has 0 spiro atoms. The number of halogens is 2. The molecule has 1 saturated heterocycles. The predicted molar refractivity (Wildman–Crippen MR) is 157 cm³/mol. The van der Waals surface area contributed by atoms with Gasteiger partial charge in [0.15, 0.2) is 22.4 Å². The Morgan fingerprint density at radius 2 is 1.79 bits per heavy atom. The van der Waals surface area contributed by atoms with E-state index >= 15 is 0 Å². The minimum atomic E-state index is -0.382. The molecule has 0 unspecified atom stereocenters. The molecule has 0 saturated carbocycles. The normalized spacial score (nSPS) is 14.1. The third kappa shape index (κ3) is 6.60. The lowest BCUT2D eigenvalue weighted by molar-refractivity contribution is -0.118. The number of thioether (sulfide) groups is 1. The Hall–Kier alpha value is -3.24. The molecule has 2 amide bonds. The summed E-state index contributed by atoms with van der Waals surface area (Å²) in [6.45, 7) is 2.16. The first-order valence-corrected chi connectivity index (χ1v) is 13.3. The van der Waals surface area contributed by atoms with Gasteiger partial charge in [0.25, 0.3) is 11.8 Å². The Balaban J connectivity index is 1.48. The lowest BCUT2D eigenvalue weighted by atomic mass is 10.1. The number of benzene rings is 3. The zero-order valence-corrected chi connectivity index (χ0v) is 23.5. The summed E-state index contributed by atoms with van der Waals surface area (Å²) in [7, 11) is 1.46. The van der Waals surface area contributed by atoms with Gasteiger partial charge in [0.1, 0.15) is 5.75 Å². The summed E-state index contributed by atoms with van der Waals surface area (Å²) < 4.78 is 17.0. The fraction of sp³-hybridized carbons (Fsp3) is 0.148. The third-order valence-corrected chi connectivity index (χ3v) is 7.06. The van der Waals surface area contributed by atoms with Crippen LogP contribution in [0.25, 0.3) is 6.08 Å². The molecule has 1 aliphatic heterocycles. The van der Waals surface area contributed by atoms with Gasteiger partial charge in [0.05, 0.1) is 29.3 Å². The van der Waals surface area contributed by atoms with E-state index in [1.54, 1.807) is 66.7 Å². The molecule has 1 N–H and O–H groups in total. The maximum Gasteiger partial charge on any atom is 0.270 e. The van der Waals surface area contributed by atoms with Crippen molar-refractivity contribution in [3.8, 4) is 17.2 Å².